The van der Waals surface area contributed by atoms with E-state index in [9.17, 15) is 27.9 Å². The van der Waals surface area contributed by atoms with Crippen molar-refractivity contribution in [3.63, 3.8) is 0 Å². The van der Waals surface area contributed by atoms with Crippen LogP contribution in [0.5, 0.6) is 0 Å². The fourth-order valence-corrected chi connectivity index (χ4v) is 2.98. The number of nitrogens with zero attached hydrogens (tertiary/aromatic N) is 6. The van der Waals surface area contributed by atoms with E-state index in [1.807, 2.05) is 0 Å². The molecule has 3 unspecified atom stereocenters. The summed E-state index contributed by atoms with van der Waals surface area (Å²) in [5, 5.41) is 56.6. The molecular weight excluding hydrogens is 780 g/mol. The molecule has 0 saturated heterocycles. The van der Waals surface area contributed by atoms with Crippen molar-refractivity contribution in [1.82, 2.24) is 20.3 Å². The van der Waals surface area contributed by atoms with Gasteiger partial charge in [0, 0.05) is 23.6 Å². The molecule has 55 heavy (non-hydrogen) atoms. The van der Waals surface area contributed by atoms with Gasteiger partial charge < -0.3 is 40.5 Å². The van der Waals surface area contributed by atoms with Gasteiger partial charge in [0.25, 0.3) is 17.0 Å². The number of benzene rings is 3. The van der Waals surface area contributed by atoms with Crippen LogP contribution in [0.2, 0.25) is 0 Å². The first-order chi connectivity index (χ1) is 25.5. The van der Waals surface area contributed by atoms with Crippen LogP contribution in [0.4, 0.5) is 13.2 Å². The van der Waals surface area contributed by atoms with Crippen LogP contribution in [0.15, 0.2) is 87.0 Å². The van der Waals surface area contributed by atoms with Crippen molar-refractivity contribution in [1.29, 1.82) is 5.26 Å². The second-order valence-electron chi connectivity index (χ2n) is 9.91. The smallest absolute Gasteiger partial charge is 0.258 e. The van der Waals surface area contributed by atoms with Gasteiger partial charge in [0.2, 0.25) is 11.6 Å². The Bertz CT molecular complexity index is 1910. The van der Waals surface area contributed by atoms with Gasteiger partial charge in [-0.05, 0) is 105 Å². The molecular formula is C33H37Cl2F3N8O9. The maximum atomic E-state index is 12.6. The van der Waals surface area contributed by atoms with Gasteiger partial charge in [-0.25, -0.2) is 19.1 Å². The van der Waals surface area contributed by atoms with Crippen molar-refractivity contribution in [2.45, 2.75) is 46.0 Å². The molecule has 9 N–H and O–H groups in total. The maximum Gasteiger partial charge on any atom is 0.258 e. The van der Waals surface area contributed by atoms with Crippen molar-refractivity contribution in [2.24, 2.45) is 16.8 Å². The molecule has 0 fully saturated rings. The third-order valence-electron chi connectivity index (χ3n) is 5.54. The first-order valence-electron chi connectivity index (χ1n) is 14.8. The Kier molecular flexibility index (Phi) is 25.9. The second-order valence-corrected chi connectivity index (χ2v) is 10.3. The Hall–Kier alpha value is -5.79. The molecule has 0 aliphatic heterocycles. The van der Waals surface area contributed by atoms with Crippen molar-refractivity contribution >= 4 is 40.9 Å². The molecule has 5 aromatic rings. The average molecular weight is 818 g/mol. The lowest BCUT2D eigenvalue weighted by atomic mass is 10.2. The molecule has 0 bridgehead atoms. The zero-order valence-corrected chi connectivity index (χ0v) is 30.9. The van der Waals surface area contributed by atoms with E-state index in [1.54, 1.807) is 13.0 Å². The first-order valence-corrected chi connectivity index (χ1v) is 15.2. The summed E-state index contributed by atoms with van der Waals surface area (Å²) in [7, 11) is 0. The van der Waals surface area contributed by atoms with Crippen LogP contribution in [-0.4, -0.2) is 75.1 Å². The Labute approximate surface area is 322 Å². The standard InChI is InChI=1S/C10H9FN2O2.C10H7FN2O2.C7H4ClFO.C3H8N2O2.C3H5NO.ClH.H3NO/c2*1-6(14)9-12-10(15-13-9)7-2-4-8(11)5-3-7;8-7(10)5-1-3-6(9)4-2-5;1-2(6)3(4)5-7;1-3(5)2-4;;1-2/h2-6,14H,1H3;2-5H,1H3;1-4H;2,6-7H,1H3,(H2,4,5);3,5H,1H3;1H;2H,1H2. The minimum absolute atomic E-state index is 0. The highest BCUT2D eigenvalue weighted by Crippen LogP contribution is 2.19. The summed E-state index contributed by atoms with van der Waals surface area (Å²) >= 11 is 5.09. The number of hydrogen-bond acceptors (Lipinski definition) is 16. The van der Waals surface area contributed by atoms with Crippen LogP contribution < -0.4 is 11.6 Å². The molecule has 0 saturated carbocycles. The van der Waals surface area contributed by atoms with Crippen LogP contribution >= 0.6 is 24.0 Å². The van der Waals surface area contributed by atoms with Crippen LogP contribution in [-0.2, 0) is 0 Å². The van der Waals surface area contributed by atoms with Crippen LogP contribution in [0, 0.1) is 28.8 Å². The molecule has 298 valence electrons. The number of aromatic nitrogens is 4. The molecule has 17 nitrogen and oxygen atoms in total. The number of carbonyl (C=O) groups is 2. The first kappa shape index (κ1) is 51.3. The normalized spacial score (nSPS) is 11.4. The predicted octanol–water partition coefficient (Wildman–Crippen LogP) is 4.97. The summed E-state index contributed by atoms with van der Waals surface area (Å²) in [6.07, 6.45) is -2.44. The Balaban J connectivity index is 0. The average Bonchev–Trinajstić information content (AvgIpc) is 3.86. The maximum absolute atomic E-state index is 12.6. The number of amidine groups is 1. The van der Waals surface area contributed by atoms with Gasteiger partial charge in [0.1, 0.15) is 35.8 Å². The molecule has 2 heterocycles. The number of aliphatic hydroxyl groups excluding tert-OH is 3. The fourth-order valence-electron chi connectivity index (χ4n) is 2.85. The quantitative estimate of drug-likeness (QED) is 0.0226. The Morgan fingerprint density at radius 1 is 0.800 bits per heavy atom. The van der Waals surface area contributed by atoms with Crippen molar-refractivity contribution in [2.75, 3.05) is 0 Å². The number of nitrogens with two attached hydrogens (primary N) is 2. The van der Waals surface area contributed by atoms with Gasteiger partial charge in [-0.1, -0.05) is 15.5 Å². The summed E-state index contributed by atoms with van der Waals surface area (Å²) < 4.78 is 47.2. The molecule has 22 heteroatoms. The summed E-state index contributed by atoms with van der Waals surface area (Å²) in [5.41, 5.74) is 6.38. The van der Waals surface area contributed by atoms with Crippen molar-refractivity contribution in [3.05, 3.63) is 107 Å². The number of Topliss-reactive ketones (excluding diaryl/α,β-unsaturated/α-hetero) is 1. The lowest BCUT2D eigenvalue weighted by Crippen LogP contribution is -2.25. The molecule has 3 atom stereocenters. The summed E-state index contributed by atoms with van der Waals surface area (Å²) in [6.45, 7) is 5.72. The van der Waals surface area contributed by atoms with Gasteiger partial charge in [-0.3, -0.25) is 9.59 Å². The SMILES string of the molecule is CC(=O)c1noc(-c2ccc(F)cc2)n1.CC(O)C#N.CC(O)C(N)=NO.CC(O)c1noc(-c2ccc(F)cc2)n1.Cl.NO.O=C(Cl)c1ccc(F)cc1. The number of carbonyl (C=O) groups excluding carboxylic acids is 2. The zero-order valence-electron chi connectivity index (χ0n) is 29.3. The minimum atomic E-state index is -0.856. The van der Waals surface area contributed by atoms with E-state index in [4.69, 9.17) is 52.3 Å². The zero-order chi connectivity index (χ0) is 41.4. The molecule has 0 spiro atoms. The van der Waals surface area contributed by atoms with E-state index in [2.05, 4.69) is 31.3 Å². The molecule has 0 aliphatic carbocycles. The highest BCUT2D eigenvalue weighted by molar-refractivity contribution is 6.67. The number of oxime groups is 1. The lowest BCUT2D eigenvalue weighted by molar-refractivity contribution is 0.0999. The van der Waals surface area contributed by atoms with E-state index < -0.39 is 23.6 Å². The van der Waals surface area contributed by atoms with Gasteiger partial charge in [0.05, 0.1) is 6.07 Å². The van der Waals surface area contributed by atoms with E-state index in [0.717, 1.165) is 0 Å². The third kappa shape index (κ3) is 20.9. The van der Waals surface area contributed by atoms with Crippen LogP contribution in [0.3, 0.4) is 0 Å². The summed E-state index contributed by atoms with van der Waals surface area (Å²) in [6, 6.07) is 17.9. The monoisotopic (exact) mass is 816 g/mol. The van der Waals surface area contributed by atoms with Gasteiger partial charge in [0.15, 0.2) is 11.7 Å². The Morgan fingerprint density at radius 2 is 1.18 bits per heavy atom. The molecule has 5 rings (SSSR count). The second kappa shape index (κ2) is 27.8. The van der Waals surface area contributed by atoms with Gasteiger partial charge in [-0.15, -0.1) is 12.4 Å². The third-order valence-corrected chi connectivity index (χ3v) is 5.76. The lowest BCUT2D eigenvalue weighted by Gasteiger charge is -1.96. The van der Waals surface area contributed by atoms with E-state index in [-0.39, 0.29) is 64.9 Å². The topological polar surface area (TPSA) is 301 Å². The molecule has 3 aromatic carbocycles. The van der Waals surface area contributed by atoms with Crippen LogP contribution in [0.1, 0.15) is 60.6 Å². The molecule has 0 amide bonds. The molecule has 2 aromatic heterocycles. The molecule has 0 radical (unpaired) electrons. The van der Waals surface area contributed by atoms with Crippen molar-refractivity contribution < 1.29 is 57.5 Å². The number of nitriles is 1. The number of rotatable bonds is 6. The summed E-state index contributed by atoms with van der Waals surface area (Å²) in [5.74, 6) is 2.74. The van der Waals surface area contributed by atoms with Gasteiger partial charge in [-0.2, -0.15) is 15.2 Å². The number of ketones is 1. The predicted molar refractivity (Wildman–Crippen MR) is 192 cm³/mol. The fraction of sp³-hybridized carbons (Fsp3) is 0.212. The van der Waals surface area contributed by atoms with E-state index in [1.165, 1.54) is 93.6 Å². The number of aliphatic hydroxyl groups is 3. The summed E-state index contributed by atoms with van der Waals surface area (Å²) in [4.78, 5) is 29.1. The Morgan fingerprint density at radius 3 is 1.45 bits per heavy atom. The van der Waals surface area contributed by atoms with Crippen LogP contribution in [0.25, 0.3) is 22.9 Å². The highest BCUT2D eigenvalue weighted by Gasteiger charge is 2.13. The minimum Gasteiger partial charge on any atom is -0.409 e. The molecule has 0 aliphatic rings. The largest absolute Gasteiger partial charge is 0.409 e. The number of hydrogen-bond donors (Lipinski definition) is 7. The highest BCUT2D eigenvalue weighted by atomic mass is 35.5. The van der Waals surface area contributed by atoms with E-state index >= 15 is 0 Å². The van der Waals surface area contributed by atoms with Gasteiger partial charge >= 0.3 is 0 Å². The van der Waals surface area contributed by atoms with E-state index in [0.29, 0.717) is 16.7 Å². The number of halogens is 5. The van der Waals surface area contributed by atoms with Crippen molar-refractivity contribution in [3.8, 4) is 29.0 Å².